The summed E-state index contributed by atoms with van der Waals surface area (Å²) in [7, 11) is 0. The van der Waals surface area contributed by atoms with Crippen molar-refractivity contribution in [1.82, 2.24) is 4.90 Å². The predicted octanol–water partition coefficient (Wildman–Crippen LogP) is 3.32. The van der Waals surface area contributed by atoms with Gasteiger partial charge in [0.05, 0.1) is 0 Å². The van der Waals surface area contributed by atoms with Crippen LogP contribution in [0, 0.1) is 0 Å². The van der Waals surface area contributed by atoms with E-state index < -0.39 is 0 Å². The molecule has 2 aromatic carbocycles. The minimum Gasteiger partial charge on any atom is -0.334 e. The van der Waals surface area contributed by atoms with Gasteiger partial charge >= 0.3 is 0 Å². The van der Waals surface area contributed by atoms with Crippen LogP contribution in [-0.4, -0.2) is 23.3 Å². The molecule has 0 unspecified atom stereocenters. The fourth-order valence-corrected chi connectivity index (χ4v) is 2.71. The zero-order valence-electron chi connectivity index (χ0n) is 11.9. The molecule has 22 heavy (non-hydrogen) atoms. The number of nitrogens with one attached hydrogen (secondary N) is 1. The van der Waals surface area contributed by atoms with Gasteiger partial charge in [-0.15, -0.1) is 0 Å². The third-order valence-corrected chi connectivity index (χ3v) is 3.85. The van der Waals surface area contributed by atoms with Gasteiger partial charge in [0.1, 0.15) is 0 Å². The molecule has 1 heterocycles. The van der Waals surface area contributed by atoms with Gasteiger partial charge in [-0.05, 0) is 35.9 Å². The molecule has 2 aromatic rings. The van der Waals surface area contributed by atoms with Crippen molar-refractivity contribution in [2.75, 3.05) is 11.9 Å². The Morgan fingerprint density at radius 2 is 1.95 bits per heavy atom. The number of anilines is 1. The Morgan fingerprint density at radius 1 is 1.18 bits per heavy atom. The van der Waals surface area contributed by atoms with E-state index in [2.05, 4.69) is 5.32 Å². The van der Waals surface area contributed by atoms with Gasteiger partial charge in [-0.25, -0.2) is 0 Å². The van der Waals surface area contributed by atoms with Gasteiger partial charge in [0.25, 0.3) is 5.91 Å². The van der Waals surface area contributed by atoms with E-state index in [0.29, 0.717) is 23.7 Å². The van der Waals surface area contributed by atoms with Gasteiger partial charge in [-0.2, -0.15) is 0 Å². The summed E-state index contributed by atoms with van der Waals surface area (Å²) in [4.78, 5) is 25.8. The SMILES string of the molecule is O=C(CCN1Cc2cc(Cl)ccc2C1=O)Nc1ccccc1. The minimum atomic E-state index is -0.104. The van der Waals surface area contributed by atoms with Gasteiger partial charge in [0.2, 0.25) is 5.91 Å². The Morgan fingerprint density at radius 3 is 2.73 bits per heavy atom. The Balaban J connectivity index is 1.57. The van der Waals surface area contributed by atoms with Gasteiger partial charge in [0, 0.05) is 35.8 Å². The summed E-state index contributed by atoms with van der Waals surface area (Å²) in [5.74, 6) is -0.146. The van der Waals surface area contributed by atoms with Crippen molar-refractivity contribution in [3.05, 3.63) is 64.7 Å². The van der Waals surface area contributed by atoms with Crippen LogP contribution in [0.1, 0.15) is 22.3 Å². The van der Waals surface area contributed by atoms with Crippen LogP contribution in [0.3, 0.4) is 0 Å². The highest BCUT2D eigenvalue weighted by Gasteiger charge is 2.27. The third-order valence-electron chi connectivity index (χ3n) is 3.61. The van der Waals surface area contributed by atoms with Crippen LogP contribution in [0.4, 0.5) is 5.69 Å². The van der Waals surface area contributed by atoms with Crippen molar-refractivity contribution in [2.24, 2.45) is 0 Å². The lowest BCUT2D eigenvalue weighted by atomic mass is 10.1. The zero-order chi connectivity index (χ0) is 15.5. The number of rotatable bonds is 4. The quantitative estimate of drug-likeness (QED) is 0.941. The number of hydrogen-bond acceptors (Lipinski definition) is 2. The van der Waals surface area contributed by atoms with E-state index >= 15 is 0 Å². The molecule has 5 heteroatoms. The van der Waals surface area contributed by atoms with Crippen LogP contribution in [0.15, 0.2) is 48.5 Å². The number of carbonyl (C=O) groups is 2. The molecule has 112 valence electrons. The van der Waals surface area contributed by atoms with E-state index in [1.807, 2.05) is 30.3 Å². The molecule has 1 aliphatic heterocycles. The summed E-state index contributed by atoms with van der Waals surface area (Å²) < 4.78 is 0. The van der Waals surface area contributed by atoms with Crippen molar-refractivity contribution in [3.63, 3.8) is 0 Å². The summed E-state index contributed by atoms with van der Waals surface area (Å²) in [6.45, 7) is 0.900. The molecule has 0 radical (unpaired) electrons. The highest BCUT2D eigenvalue weighted by Crippen LogP contribution is 2.25. The number of benzene rings is 2. The van der Waals surface area contributed by atoms with E-state index in [4.69, 9.17) is 11.6 Å². The average Bonchev–Trinajstić information content (AvgIpc) is 2.82. The first kappa shape index (κ1) is 14.6. The molecule has 0 saturated carbocycles. The van der Waals surface area contributed by atoms with Gasteiger partial charge in [-0.1, -0.05) is 29.8 Å². The molecular formula is C17H15ClN2O2. The molecule has 0 bridgehead atoms. The van der Waals surface area contributed by atoms with Gasteiger partial charge < -0.3 is 10.2 Å². The van der Waals surface area contributed by atoms with Gasteiger partial charge in [-0.3, -0.25) is 9.59 Å². The van der Waals surface area contributed by atoms with Crippen LogP contribution in [0.2, 0.25) is 5.02 Å². The molecule has 4 nitrogen and oxygen atoms in total. The van der Waals surface area contributed by atoms with Gasteiger partial charge in [0.15, 0.2) is 0 Å². The second-order valence-corrected chi connectivity index (χ2v) is 5.63. The maximum Gasteiger partial charge on any atom is 0.254 e. The molecule has 0 fully saturated rings. The second-order valence-electron chi connectivity index (χ2n) is 5.19. The summed E-state index contributed by atoms with van der Waals surface area (Å²) in [5.41, 5.74) is 2.35. The monoisotopic (exact) mass is 314 g/mol. The van der Waals surface area contributed by atoms with Crippen LogP contribution in [0.5, 0.6) is 0 Å². The standard InChI is InChI=1S/C17H15ClN2O2/c18-13-6-7-15-12(10-13)11-20(17(15)22)9-8-16(21)19-14-4-2-1-3-5-14/h1-7,10H,8-9,11H2,(H,19,21). The normalized spacial score (nSPS) is 13.1. The molecule has 1 N–H and O–H groups in total. The van der Waals surface area contributed by atoms with E-state index in [-0.39, 0.29) is 18.2 Å². The molecule has 0 spiro atoms. The first-order valence-electron chi connectivity index (χ1n) is 7.06. The average molecular weight is 315 g/mol. The Bertz CT molecular complexity index is 716. The molecule has 3 rings (SSSR count). The number of nitrogens with zero attached hydrogens (tertiary/aromatic N) is 1. The highest BCUT2D eigenvalue weighted by molar-refractivity contribution is 6.30. The summed E-state index contributed by atoms with van der Waals surface area (Å²) in [5, 5.41) is 3.43. The summed E-state index contributed by atoms with van der Waals surface area (Å²) in [6, 6.07) is 14.5. The largest absolute Gasteiger partial charge is 0.334 e. The molecule has 1 aliphatic rings. The first-order chi connectivity index (χ1) is 10.6. The van der Waals surface area contributed by atoms with Crippen LogP contribution in [-0.2, 0) is 11.3 Å². The van der Waals surface area contributed by atoms with E-state index in [1.165, 1.54) is 0 Å². The number of fused-ring (bicyclic) bond motifs is 1. The van der Waals surface area contributed by atoms with Crippen molar-refractivity contribution >= 4 is 29.1 Å². The molecule has 0 aromatic heterocycles. The number of hydrogen-bond donors (Lipinski definition) is 1. The lowest BCUT2D eigenvalue weighted by Gasteiger charge is -2.15. The first-order valence-corrected chi connectivity index (χ1v) is 7.44. The number of halogens is 1. The topological polar surface area (TPSA) is 49.4 Å². The third kappa shape index (κ3) is 3.12. The zero-order valence-corrected chi connectivity index (χ0v) is 12.6. The van der Waals surface area contributed by atoms with Crippen molar-refractivity contribution in [1.29, 1.82) is 0 Å². The Hall–Kier alpha value is -2.33. The van der Waals surface area contributed by atoms with Crippen molar-refractivity contribution in [2.45, 2.75) is 13.0 Å². The fraction of sp³-hybridized carbons (Fsp3) is 0.176. The second kappa shape index (κ2) is 6.20. The Labute approximate surface area is 133 Å². The molecule has 0 atom stereocenters. The number of amides is 2. The van der Waals surface area contributed by atoms with Crippen LogP contribution >= 0.6 is 11.6 Å². The van der Waals surface area contributed by atoms with E-state index in [9.17, 15) is 9.59 Å². The summed E-state index contributed by atoms with van der Waals surface area (Å²) in [6.07, 6.45) is 0.266. The summed E-state index contributed by atoms with van der Waals surface area (Å²) >= 11 is 5.94. The maximum absolute atomic E-state index is 12.2. The van der Waals surface area contributed by atoms with E-state index in [0.717, 1.165) is 11.3 Å². The van der Waals surface area contributed by atoms with Crippen molar-refractivity contribution in [3.8, 4) is 0 Å². The van der Waals surface area contributed by atoms with E-state index in [1.54, 1.807) is 23.1 Å². The Kier molecular flexibility index (Phi) is 4.11. The minimum absolute atomic E-state index is 0.0424. The predicted molar refractivity (Wildman–Crippen MR) is 85.9 cm³/mol. The maximum atomic E-state index is 12.2. The lowest BCUT2D eigenvalue weighted by Crippen LogP contribution is -2.28. The smallest absolute Gasteiger partial charge is 0.254 e. The molecule has 0 saturated heterocycles. The fourth-order valence-electron chi connectivity index (χ4n) is 2.51. The number of para-hydroxylation sites is 1. The number of carbonyl (C=O) groups excluding carboxylic acids is 2. The highest BCUT2D eigenvalue weighted by atomic mass is 35.5. The van der Waals surface area contributed by atoms with Crippen LogP contribution < -0.4 is 5.32 Å². The van der Waals surface area contributed by atoms with Crippen LogP contribution in [0.25, 0.3) is 0 Å². The lowest BCUT2D eigenvalue weighted by molar-refractivity contribution is -0.116. The molecular weight excluding hydrogens is 300 g/mol. The molecule has 2 amide bonds. The molecule has 0 aliphatic carbocycles. The van der Waals surface area contributed by atoms with Crippen molar-refractivity contribution < 1.29 is 9.59 Å².